The molecule has 3 aromatic heterocycles. The van der Waals surface area contributed by atoms with Crippen LogP contribution in [0.5, 0.6) is 0 Å². The molecule has 1 aliphatic rings. The predicted molar refractivity (Wildman–Crippen MR) is 277 cm³/mol. The highest BCUT2D eigenvalue weighted by Crippen LogP contribution is 2.45. The normalized spacial score (nSPS) is 17.8. The number of nitrogens with zero attached hydrogens (tertiary/aromatic N) is 2. The Morgan fingerprint density at radius 2 is 1.23 bits per heavy atom. The Morgan fingerprint density at radius 3 is 2.11 bits per heavy atom. The summed E-state index contributed by atoms with van der Waals surface area (Å²) in [5, 5.41) is 9.75. The Labute approximate surface area is 381 Å². The van der Waals surface area contributed by atoms with Crippen LogP contribution in [-0.2, 0) is 0 Å². The maximum atomic E-state index is 6.86. The van der Waals surface area contributed by atoms with Crippen molar-refractivity contribution in [2.24, 2.45) is 16.8 Å². The molecule has 4 heterocycles. The molecule has 3 unspecified atom stereocenters. The van der Waals surface area contributed by atoms with E-state index in [0.717, 1.165) is 45.3 Å². The summed E-state index contributed by atoms with van der Waals surface area (Å²) in [5.41, 5.74) is 13.7. The van der Waals surface area contributed by atoms with Crippen LogP contribution in [0.4, 0.5) is 0 Å². The maximum Gasteiger partial charge on any atom is 0.138 e. The van der Waals surface area contributed by atoms with Crippen molar-refractivity contribution >= 4 is 97.3 Å². The van der Waals surface area contributed by atoms with Crippen LogP contribution in [0.2, 0.25) is 0 Å². The molecule has 3 atom stereocenters. The molecule has 310 valence electrons. The van der Waals surface area contributed by atoms with Gasteiger partial charge in [-0.25, -0.2) is 0 Å². The molecule has 12 aromatic rings. The van der Waals surface area contributed by atoms with Crippen molar-refractivity contribution in [2.75, 3.05) is 0 Å². The van der Waals surface area contributed by atoms with Gasteiger partial charge in [0, 0.05) is 70.9 Å². The average Bonchev–Trinajstić information content (AvgIpc) is 4.02. The number of para-hydroxylation sites is 2. The Morgan fingerprint density at radius 1 is 0.523 bits per heavy atom. The molecule has 65 heavy (non-hydrogen) atoms. The summed E-state index contributed by atoms with van der Waals surface area (Å²) in [6.07, 6.45) is 3.37. The number of hydrogen-bond donors (Lipinski definition) is 0. The zero-order valence-electron chi connectivity index (χ0n) is 36.2. The van der Waals surface area contributed by atoms with Crippen LogP contribution in [0.1, 0.15) is 43.0 Å². The second-order valence-electron chi connectivity index (χ2n) is 17.9. The van der Waals surface area contributed by atoms with Gasteiger partial charge < -0.3 is 8.98 Å². The molecule has 3 nitrogen and oxygen atoms in total. The Bertz CT molecular complexity index is 3920. The fourth-order valence-corrected chi connectivity index (χ4v) is 11.9. The van der Waals surface area contributed by atoms with Gasteiger partial charge in [0.15, 0.2) is 0 Å². The van der Waals surface area contributed by atoms with Gasteiger partial charge >= 0.3 is 0 Å². The highest BCUT2D eigenvalue weighted by Gasteiger charge is 2.30. The minimum absolute atomic E-state index is 0.0660. The molecule has 0 spiro atoms. The summed E-state index contributed by atoms with van der Waals surface area (Å²) in [4.78, 5) is 6.12. The average molecular weight is 853 g/mol. The Hall–Kier alpha value is -7.53. The molecule has 0 aliphatic carbocycles. The fraction of sp³-hybridized carbons (Fsp3) is 0.0984. The minimum Gasteiger partial charge on any atom is -0.456 e. The second-order valence-corrected chi connectivity index (χ2v) is 19.0. The first kappa shape index (κ1) is 38.0. The lowest BCUT2D eigenvalue weighted by Crippen LogP contribution is -2.21. The zero-order chi connectivity index (χ0) is 43.2. The van der Waals surface area contributed by atoms with Crippen molar-refractivity contribution < 1.29 is 4.42 Å². The van der Waals surface area contributed by atoms with Crippen LogP contribution in [0.15, 0.2) is 210 Å². The third-order valence-corrected chi connectivity index (χ3v) is 15.1. The second kappa shape index (κ2) is 15.0. The van der Waals surface area contributed by atoms with Gasteiger partial charge in [-0.1, -0.05) is 153 Å². The van der Waals surface area contributed by atoms with Gasteiger partial charge in [0.1, 0.15) is 11.2 Å². The van der Waals surface area contributed by atoms with Gasteiger partial charge in [-0.15, -0.1) is 11.3 Å². The summed E-state index contributed by atoms with van der Waals surface area (Å²) in [6.45, 7) is 4.75. The number of hydrogen-bond acceptors (Lipinski definition) is 3. The van der Waals surface area contributed by atoms with Crippen molar-refractivity contribution in [3.63, 3.8) is 0 Å². The van der Waals surface area contributed by atoms with Crippen molar-refractivity contribution in [1.82, 2.24) is 4.57 Å². The smallest absolute Gasteiger partial charge is 0.138 e. The summed E-state index contributed by atoms with van der Waals surface area (Å²) < 4.78 is 11.9. The number of aliphatic imine (C=N–C) groups is 1. The quantitative estimate of drug-likeness (QED) is 0.170. The molecule has 0 saturated carbocycles. The predicted octanol–water partition coefficient (Wildman–Crippen LogP) is 17.2. The maximum absolute atomic E-state index is 6.86. The molecular formula is C61H44N2OS. The van der Waals surface area contributed by atoms with E-state index in [0.29, 0.717) is 0 Å². The van der Waals surface area contributed by atoms with Gasteiger partial charge in [0.25, 0.3) is 0 Å². The largest absolute Gasteiger partial charge is 0.456 e. The first-order valence-corrected chi connectivity index (χ1v) is 23.6. The summed E-state index contributed by atoms with van der Waals surface area (Å²) in [7, 11) is 0. The number of fused-ring (bicyclic) bond motifs is 10. The molecule has 0 radical (unpaired) electrons. The van der Waals surface area contributed by atoms with E-state index in [1.165, 1.54) is 80.6 Å². The lowest BCUT2D eigenvalue weighted by molar-refractivity contribution is 0.570. The number of thiophene rings is 1. The van der Waals surface area contributed by atoms with E-state index in [9.17, 15) is 0 Å². The highest BCUT2D eigenvalue weighted by molar-refractivity contribution is 7.25. The Kier molecular flexibility index (Phi) is 8.79. The van der Waals surface area contributed by atoms with Gasteiger partial charge in [-0.05, 0) is 99.6 Å². The third-order valence-electron chi connectivity index (χ3n) is 14.0. The SMILES string of the molecule is CC1C/C=C(\c2cccc(-c3ccccc3)c2)C(C)C(c2ccc3sc4ccccc4c3c2)N=C1c1cc(-n2c3ccccc3c3cc4ccccc4cc32)cc2oc3ccccc3c12. The summed E-state index contributed by atoms with van der Waals surface area (Å²) in [6, 6.07) is 70.9. The lowest BCUT2D eigenvalue weighted by atomic mass is 9.80. The van der Waals surface area contributed by atoms with E-state index < -0.39 is 0 Å². The van der Waals surface area contributed by atoms with Crippen molar-refractivity contribution in [1.29, 1.82) is 0 Å². The number of aromatic nitrogens is 1. The van der Waals surface area contributed by atoms with Gasteiger partial charge in [-0.2, -0.15) is 0 Å². The number of benzene rings is 9. The molecule has 0 N–H and O–H groups in total. The van der Waals surface area contributed by atoms with Crippen molar-refractivity contribution in [2.45, 2.75) is 26.3 Å². The molecule has 0 bridgehead atoms. The number of furan rings is 1. The van der Waals surface area contributed by atoms with E-state index in [2.05, 4.69) is 219 Å². The molecule has 0 saturated heterocycles. The molecule has 0 fully saturated rings. The monoisotopic (exact) mass is 852 g/mol. The first-order valence-electron chi connectivity index (χ1n) is 22.8. The molecule has 4 heteroatoms. The van der Waals surface area contributed by atoms with Crippen LogP contribution in [0.25, 0.3) is 97.1 Å². The van der Waals surface area contributed by atoms with E-state index in [4.69, 9.17) is 9.41 Å². The first-order chi connectivity index (χ1) is 32.0. The fourth-order valence-electron chi connectivity index (χ4n) is 10.8. The van der Waals surface area contributed by atoms with E-state index in [-0.39, 0.29) is 17.9 Å². The summed E-state index contributed by atoms with van der Waals surface area (Å²) >= 11 is 1.87. The van der Waals surface area contributed by atoms with Crippen molar-refractivity contribution in [3.05, 3.63) is 217 Å². The molecule has 0 amide bonds. The number of allylic oxidation sites excluding steroid dienone is 1. The third kappa shape index (κ3) is 6.19. The lowest BCUT2D eigenvalue weighted by Gasteiger charge is -2.30. The summed E-state index contributed by atoms with van der Waals surface area (Å²) in [5.74, 6) is 0.161. The molecule has 13 rings (SSSR count). The van der Waals surface area contributed by atoms with Crippen LogP contribution >= 0.6 is 11.3 Å². The Balaban J connectivity index is 1.06. The van der Waals surface area contributed by atoms with Crippen LogP contribution in [0.3, 0.4) is 0 Å². The molecule has 9 aromatic carbocycles. The van der Waals surface area contributed by atoms with E-state index >= 15 is 0 Å². The standard InChI is InChI=1S/C61H44N2OS/c1-37-27-29-46(43-20-14-19-40(31-43)39-15-4-3-5-16-39)38(2)61(44-28-30-58-51(33-44)48-22-10-13-26-57(48)65-58)62-60(37)52-35-45(36-56-59(52)49-23-9-12-25-55(49)64-56)63-53-24-11-8-21-47(53)50-32-41-17-6-7-18-42(41)34-54(50)63/h3-26,28-38,61H,27H2,1-2H3/b46-29-,62-60?. The van der Waals surface area contributed by atoms with E-state index in [1.54, 1.807) is 0 Å². The van der Waals surface area contributed by atoms with E-state index in [1.807, 2.05) is 11.3 Å². The number of rotatable bonds is 5. The zero-order valence-corrected chi connectivity index (χ0v) is 37.0. The van der Waals surface area contributed by atoms with Crippen LogP contribution < -0.4 is 0 Å². The van der Waals surface area contributed by atoms with Crippen LogP contribution in [-0.4, -0.2) is 10.3 Å². The van der Waals surface area contributed by atoms with Gasteiger partial charge in [-0.3, -0.25) is 4.99 Å². The highest BCUT2D eigenvalue weighted by atomic mass is 32.1. The van der Waals surface area contributed by atoms with Crippen LogP contribution in [0, 0.1) is 11.8 Å². The van der Waals surface area contributed by atoms with Crippen molar-refractivity contribution in [3.8, 4) is 16.8 Å². The minimum atomic E-state index is -0.168. The molecular weight excluding hydrogens is 809 g/mol. The van der Waals surface area contributed by atoms with Gasteiger partial charge in [0.05, 0.1) is 22.8 Å². The molecule has 1 aliphatic heterocycles. The van der Waals surface area contributed by atoms with Gasteiger partial charge in [0.2, 0.25) is 0 Å². The topological polar surface area (TPSA) is 30.4 Å².